The van der Waals surface area contributed by atoms with Gasteiger partial charge in [0.2, 0.25) is 0 Å². The molecule has 0 aliphatic rings. The van der Waals surface area contributed by atoms with Gasteiger partial charge in [0.25, 0.3) is 0 Å². The molecule has 2 rings (SSSR count). The van der Waals surface area contributed by atoms with Gasteiger partial charge in [0.05, 0.1) is 6.04 Å². The number of rotatable bonds is 3. The van der Waals surface area contributed by atoms with E-state index in [1.165, 1.54) is 19.6 Å². The van der Waals surface area contributed by atoms with Crippen LogP contribution in [0.25, 0.3) is 0 Å². The quantitative estimate of drug-likeness (QED) is 0.706. The van der Waals surface area contributed by atoms with E-state index in [1.54, 1.807) is 11.3 Å². The van der Waals surface area contributed by atoms with Gasteiger partial charge >= 0.3 is 0 Å². The summed E-state index contributed by atoms with van der Waals surface area (Å²) in [6.07, 6.45) is 0. The first kappa shape index (κ1) is 13.5. The summed E-state index contributed by atoms with van der Waals surface area (Å²) in [5, 5.41) is 5.61. The van der Waals surface area contributed by atoms with Crippen molar-refractivity contribution in [3.8, 4) is 0 Å². The molecule has 0 radical (unpaired) electrons. The second-order valence-corrected chi connectivity index (χ2v) is 7.09. The minimum absolute atomic E-state index is 0.254. The lowest BCUT2D eigenvalue weighted by Gasteiger charge is -2.17. The Morgan fingerprint density at radius 3 is 2.71 bits per heavy atom. The molecule has 1 N–H and O–H groups in total. The first-order chi connectivity index (χ1) is 8.11. The Morgan fingerprint density at radius 1 is 1.35 bits per heavy atom. The van der Waals surface area contributed by atoms with E-state index in [-0.39, 0.29) is 6.04 Å². The zero-order valence-electron chi connectivity index (χ0n) is 9.63. The second-order valence-electron chi connectivity index (χ2n) is 3.88. The smallest absolute Gasteiger partial charge is 0.0594 e. The lowest BCUT2D eigenvalue weighted by molar-refractivity contribution is 0.690. The Labute approximate surface area is 128 Å². The van der Waals surface area contributed by atoms with Crippen molar-refractivity contribution >= 4 is 49.9 Å². The molecular formula is C13H13BrINS. The summed E-state index contributed by atoms with van der Waals surface area (Å²) in [7, 11) is 2.00. The van der Waals surface area contributed by atoms with Crippen molar-refractivity contribution in [1.29, 1.82) is 0 Å². The van der Waals surface area contributed by atoms with Crippen molar-refractivity contribution in [2.75, 3.05) is 7.05 Å². The van der Waals surface area contributed by atoms with Gasteiger partial charge in [-0.3, -0.25) is 0 Å². The van der Waals surface area contributed by atoms with E-state index >= 15 is 0 Å². The zero-order chi connectivity index (χ0) is 12.4. The Kier molecular flexibility index (Phi) is 4.63. The molecule has 1 unspecified atom stereocenters. The number of nitrogens with one attached hydrogen (secondary N) is 1. The first-order valence-electron chi connectivity index (χ1n) is 5.29. The maximum absolute atomic E-state index is 3.64. The first-order valence-corrected chi connectivity index (χ1v) is 8.04. The van der Waals surface area contributed by atoms with E-state index in [9.17, 15) is 0 Å². The lowest BCUT2D eigenvalue weighted by Crippen LogP contribution is -2.17. The van der Waals surface area contributed by atoms with E-state index in [1.807, 2.05) is 7.05 Å². The van der Waals surface area contributed by atoms with Gasteiger partial charge in [0.15, 0.2) is 0 Å². The fraction of sp³-hybridized carbons (Fsp3) is 0.231. The molecule has 0 fully saturated rings. The molecule has 1 aromatic heterocycles. The molecule has 1 heterocycles. The van der Waals surface area contributed by atoms with Crippen LogP contribution in [0.3, 0.4) is 0 Å². The van der Waals surface area contributed by atoms with Crippen molar-refractivity contribution in [2.24, 2.45) is 0 Å². The van der Waals surface area contributed by atoms with Crippen molar-refractivity contribution in [3.05, 3.63) is 53.7 Å². The highest BCUT2D eigenvalue weighted by Gasteiger charge is 2.16. The van der Waals surface area contributed by atoms with Crippen LogP contribution < -0.4 is 5.32 Å². The third-order valence-corrected chi connectivity index (χ3v) is 4.91. The fourth-order valence-electron chi connectivity index (χ4n) is 1.85. The molecule has 0 saturated heterocycles. The maximum Gasteiger partial charge on any atom is 0.0594 e. The molecular weight excluding hydrogens is 409 g/mol. The summed E-state index contributed by atoms with van der Waals surface area (Å²) >= 11 is 7.78. The molecule has 1 atom stereocenters. The van der Waals surface area contributed by atoms with Gasteiger partial charge in [-0.15, -0.1) is 11.3 Å². The molecule has 2 aromatic rings. The molecule has 1 nitrogen and oxygen atoms in total. The molecule has 4 heteroatoms. The van der Waals surface area contributed by atoms with Crippen LogP contribution in [0.4, 0.5) is 0 Å². The van der Waals surface area contributed by atoms with Gasteiger partial charge < -0.3 is 5.32 Å². The molecule has 17 heavy (non-hydrogen) atoms. The molecule has 90 valence electrons. The molecule has 0 spiro atoms. The summed E-state index contributed by atoms with van der Waals surface area (Å²) in [4.78, 5) is 1.35. The molecule has 0 aliphatic carbocycles. The average molecular weight is 422 g/mol. The van der Waals surface area contributed by atoms with E-state index in [0.717, 1.165) is 4.47 Å². The van der Waals surface area contributed by atoms with Crippen LogP contribution in [0.2, 0.25) is 0 Å². The van der Waals surface area contributed by atoms with Crippen LogP contribution in [-0.4, -0.2) is 7.05 Å². The fourth-order valence-corrected chi connectivity index (χ4v) is 3.57. The van der Waals surface area contributed by atoms with Gasteiger partial charge in [-0.25, -0.2) is 0 Å². The number of benzene rings is 1. The third kappa shape index (κ3) is 3.10. The van der Waals surface area contributed by atoms with Crippen LogP contribution in [0.1, 0.15) is 22.0 Å². The van der Waals surface area contributed by atoms with Crippen molar-refractivity contribution in [2.45, 2.75) is 13.0 Å². The average Bonchev–Trinajstić information content (AvgIpc) is 2.71. The minimum atomic E-state index is 0.254. The number of hydrogen-bond acceptors (Lipinski definition) is 2. The summed E-state index contributed by atoms with van der Waals surface area (Å²) in [5.41, 5.74) is 2.62. The van der Waals surface area contributed by atoms with Crippen molar-refractivity contribution in [3.63, 3.8) is 0 Å². The SMILES string of the molecule is CNC(c1csc(C)c1)c1cc(I)ccc1Br. The number of halogens is 2. The zero-order valence-corrected chi connectivity index (χ0v) is 14.2. The number of aryl methyl sites for hydroxylation is 1. The molecule has 1 aromatic carbocycles. The minimum Gasteiger partial charge on any atom is -0.309 e. The third-order valence-electron chi connectivity index (χ3n) is 2.64. The van der Waals surface area contributed by atoms with E-state index < -0.39 is 0 Å². The summed E-state index contributed by atoms with van der Waals surface area (Å²) in [5.74, 6) is 0. The van der Waals surface area contributed by atoms with E-state index in [2.05, 4.69) is 80.4 Å². The topological polar surface area (TPSA) is 12.0 Å². The second kappa shape index (κ2) is 5.82. The highest BCUT2D eigenvalue weighted by molar-refractivity contribution is 14.1. The van der Waals surface area contributed by atoms with Gasteiger partial charge in [-0.1, -0.05) is 15.9 Å². The highest BCUT2D eigenvalue weighted by Crippen LogP contribution is 2.31. The van der Waals surface area contributed by atoms with Crippen LogP contribution in [-0.2, 0) is 0 Å². The van der Waals surface area contributed by atoms with Gasteiger partial charge in [0, 0.05) is 12.9 Å². The Morgan fingerprint density at radius 2 is 2.12 bits per heavy atom. The standard InChI is InChI=1S/C13H13BrINS/c1-8-5-9(7-17-8)13(16-2)11-6-10(15)3-4-12(11)14/h3-7,13,16H,1-2H3. The predicted octanol–water partition coefficient (Wildman–Crippen LogP) is 4.73. The Balaban J connectivity index is 2.45. The van der Waals surface area contributed by atoms with Gasteiger partial charge in [0.1, 0.15) is 0 Å². The van der Waals surface area contributed by atoms with Gasteiger partial charge in [-0.2, -0.15) is 0 Å². The molecule has 0 saturated carbocycles. The number of hydrogen-bond donors (Lipinski definition) is 1. The van der Waals surface area contributed by atoms with Crippen molar-refractivity contribution < 1.29 is 0 Å². The number of thiophene rings is 1. The van der Waals surface area contributed by atoms with Crippen molar-refractivity contribution in [1.82, 2.24) is 5.32 Å². The van der Waals surface area contributed by atoms with Gasteiger partial charge in [-0.05, 0) is 77.3 Å². The lowest BCUT2D eigenvalue weighted by atomic mass is 10.0. The van der Waals surface area contributed by atoms with Crippen LogP contribution >= 0.6 is 49.9 Å². The Hall–Kier alpha value is 0.0900. The van der Waals surface area contributed by atoms with Crippen LogP contribution in [0.5, 0.6) is 0 Å². The van der Waals surface area contributed by atoms with Crippen LogP contribution in [0, 0.1) is 10.5 Å². The van der Waals surface area contributed by atoms with E-state index in [4.69, 9.17) is 0 Å². The summed E-state index contributed by atoms with van der Waals surface area (Å²) in [6, 6.07) is 8.95. The largest absolute Gasteiger partial charge is 0.309 e. The summed E-state index contributed by atoms with van der Waals surface area (Å²) < 4.78 is 2.41. The summed E-state index contributed by atoms with van der Waals surface area (Å²) in [6.45, 7) is 2.14. The van der Waals surface area contributed by atoms with Crippen LogP contribution in [0.15, 0.2) is 34.1 Å². The molecule has 0 aliphatic heterocycles. The monoisotopic (exact) mass is 421 g/mol. The van der Waals surface area contributed by atoms with E-state index in [0.29, 0.717) is 0 Å². The molecule has 0 bridgehead atoms. The molecule has 0 amide bonds. The highest BCUT2D eigenvalue weighted by atomic mass is 127. The maximum atomic E-state index is 3.64. The predicted molar refractivity (Wildman–Crippen MR) is 86.8 cm³/mol. The Bertz CT molecular complexity index is 524. The normalized spacial score (nSPS) is 12.7.